The molecule has 2 saturated carbocycles. The van der Waals surface area contributed by atoms with Crippen LogP contribution in [0, 0.1) is 28.6 Å². The van der Waals surface area contributed by atoms with Gasteiger partial charge in [-0.15, -0.1) is 0 Å². The second-order valence-electron chi connectivity index (χ2n) is 11.0. The molecule has 0 saturated heterocycles. The molecule has 0 unspecified atom stereocenters. The highest BCUT2D eigenvalue weighted by Crippen LogP contribution is 2.66. The van der Waals surface area contributed by atoms with Gasteiger partial charge in [-0.25, -0.2) is 8.42 Å². The lowest BCUT2D eigenvalue weighted by molar-refractivity contribution is -0.108. The molecular formula is C28H34ClNO4S. The molecule has 0 radical (unpaired) electrons. The second kappa shape index (κ2) is 8.81. The molecule has 5 atom stereocenters. The number of carbonyl (C=O) groups is 1. The van der Waals surface area contributed by atoms with Crippen LogP contribution in [0.4, 0.5) is 0 Å². The Hall–Kier alpha value is -2.05. The van der Waals surface area contributed by atoms with Gasteiger partial charge < -0.3 is 10.1 Å². The first kappa shape index (κ1) is 24.6. The fourth-order valence-corrected chi connectivity index (χ4v) is 9.48. The normalized spacial score (nSPS) is 35.6. The number of ether oxygens (including phenoxy) is 1. The molecule has 4 aliphatic carbocycles. The molecule has 0 heterocycles. The molecule has 5 nitrogen and oxygen atoms in total. The van der Waals surface area contributed by atoms with Crippen molar-refractivity contribution in [1.82, 2.24) is 5.32 Å². The van der Waals surface area contributed by atoms with Crippen molar-refractivity contribution >= 4 is 27.8 Å². The quantitative estimate of drug-likeness (QED) is 0.475. The molecule has 0 spiro atoms. The van der Waals surface area contributed by atoms with Gasteiger partial charge in [-0.2, -0.15) is 0 Å². The SMILES string of the molecule is COC1=CC2=CC[C@@H]3[C@H](CC[C@]4(C)C(=C(NC=O)S(=O)(=O)c5ccc(Cl)cc5)CC[C@@H]34)[C@@]2(C)CC1. The van der Waals surface area contributed by atoms with Gasteiger partial charge in [0, 0.05) is 11.4 Å². The van der Waals surface area contributed by atoms with E-state index in [1.807, 2.05) is 0 Å². The van der Waals surface area contributed by atoms with Gasteiger partial charge in [0.15, 0.2) is 0 Å². The number of carbonyl (C=O) groups excluding carboxylic acids is 1. The van der Waals surface area contributed by atoms with Crippen molar-refractivity contribution in [3.63, 3.8) is 0 Å². The minimum Gasteiger partial charge on any atom is -0.501 e. The monoisotopic (exact) mass is 515 g/mol. The van der Waals surface area contributed by atoms with Crippen LogP contribution in [-0.2, 0) is 19.4 Å². The molecule has 2 fully saturated rings. The Morgan fingerprint density at radius 3 is 2.49 bits per heavy atom. The summed E-state index contributed by atoms with van der Waals surface area (Å²) in [6.07, 6.45) is 11.8. The Bertz CT molecular complexity index is 1230. The maximum absolute atomic E-state index is 13.7. The third kappa shape index (κ3) is 3.79. The molecule has 7 heteroatoms. The molecule has 1 aromatic rings. The van der Waals surface area contributed by atoms with Crippen LogP contribution in [0.3, 0.4) is 0 Å². The maximum atomic E-state index is 13.7. The van der Waals surface area contributed by atoms with E-state index >= 15 is 0 Å². The van der Waals surface area contributed by atoms with E-state index in [1.54, 1.807) is 19.2 Å². The molecule has 0 bridgehead atoms. The van der Waals surface area contributed by atoms with Crippen molar-refractivity contribution in [3.05, 3.63) is 63.4 Å². The molecule has 1 amide bonds. The molecular weight excluding hydrogens is 482 g/mol. The van der Waals surface area contributed by atoms with Crippen LogP contribution in [0.2, 0.25) is 5.02 Å². The third-order valence-electron chi connectivity index (χ3n) is 9.64. The average molecular weight is 516 g/mol. The van der Waals surface area contributed by atoms with E-state index in [1.165, 1.54) is 17.7 Å². The number of benzene rings is 1. The lowest BCUT2D eigenvalue weighted by Gasteiger charge is -2.56. The van der Waals surface area contributed by atoms with E-state index in [9.17, 15) is 13.2 Å². The minimum absolute atomic E-state index is 0.0712. The van der Waals surface area contributed by atoms with E-state index in [-0.39, 0.29) is 20.8 Å². The number of sulfone groups is 1. The van der Waals surface area contributed by atoms with Gasteiger partial charge >= 0.3 is 0 Å². The fourth-order valence-electron chi connectivity index (χ4n) is 7.76. The molecule has 188 valence electrons. The Morgan fingerprint density at radius 2 is 1.80 bits per heavy atom. The molecule has 35 heavy (non-hydrogen) atoms. The maximum Gasteiger partial charge on any atom is 0.221 e. The summed E-state index contributed by atoms with van der Waals surface area (Å²) in [7, 11) is -2.12. The number of amides is 1. The van der Waals surface area contributed by atoms with Gasteiger partial charge in [0.1, 0.15) is 5.03 Å². The van der Waals surface area contributed by atoms with E-state index in [2.05, 4.69) is 31.3 Å². The highest BCUT2D eigenvalue weighted by atomic mass is 35.5. The summed E-state index contributed by atoms with van der Waals surface area (Å²) in [5.74, 6) is 2.54. The van der Waals surface area contributed by atoms with Crippen LogP contribution in [0.5, 0.6) is 0 Å². The van der Waals surface area contributed by atoms with E-state index < -0.39 is 9.84 Å². The predicted molar refractivity (Wildman–Crippen MR) is 137 cm³/mol. The Balaban J connectivity index is 1.54. The standard InChI is InChI=1S/C28H34ClNO4S/c1-27-14-12-20(34-3)16-18(27)4-9-22-23-10-11-25(28(23,2)15-13-24(22)27)26(30-17-31)35(32,33)21-7-5-19(29)6-8-21/h4-8,16-17,22-24H,9-15H2,1-3H3,(H,30,31)/t22-,23-,24-,27-,28-/m0/s1. The topological polar surface area (TPSA) is 72.5 Å². The van der Waals surface area contributed by atoms with Gasteiger partial charge in [0.05, 0.1) is 17.8 Å². The van der Waals surface area contributed by atoms with Gasteiger partial charge in [-0.1, -0.05) is 31.5 Å². The van der Waals surface area contributed by atoms with Crippen LogP contribution in [0.25, 0.3) is 0 Å². The molecule has 1 aromatic carbocycles. The van der Waals surface area contributed by atoms with Crippen molar-refractivity contribution in [2.45, 2.75) is 63.7 Å². The average Bonchev–Trinajstić information content (AvgIpc) is 3.19. The first-order valence-electron chi connectivity index (χ1n) is 12.5. The Morgan fingerprint density at radius 1 is 1.09 bits per heavy atom. The van der Waals surface area contributed by atoms with Gasteiger partial charge in [-0.3, -0.25) is 4.79 Å². The predicted octanol–water partition coefficient (Wildman–Crippen LogP) is 6.17. The van der Waals surface area contributed by atoms with Gasteiger partial charge in [0.25, 0.3) is 0 Å². The molecule has 1 N–H and O–H groups in total. The molecule has 0 aliphatic heterocycles. The first-order chi connectivity index (χ1) is 16.6. The number of rotatable bonds is 5. The molecule has 4 aliphatic rings. The molecule has 5 rings (SSSR count). The summed E-state index contributed by atoms with van der Waals surface area (Å²) in [5.41, 5.74) is 2.18. The molecule has 0 aromatic heterocycles. The summed E-state index contributed by atoms with van der Waals surface area (Å²) in [6.45, 7) is 4.64. The van der Waals surface area contributed by atoms with Crippen molar-refractivity contribution in [2.75, 3.05) is 7.11 Å². The van der Waals surface area contributed by atoms with Crippen molar-refractivity contribution in [2.24, 2.45) is 28.6 Å². The number of allylic oxidation sites excluding steroid dienone is 5. The third-order valence-corrected chi connectivity index (χ3v) is 11.7. The number of nitrogens with one attached hydrogen (secondary N) is 1. The largest absolute Gasteiger partial charge is 0.501 e. The highest BCUT2D eigenvalue weighted by molar-refractivity contribution is 7.95. The van der Waals surface area contributed by atoms with Crippen molar-refractivity contribution < 1.29 is 17.9 Å². The van der Waals surface area contributed by atoms with E-state index in [0.29, 0.717) is 35.6 Å². The zero-order valence-corrected chi connectivity index (χ0v) is 22.2. The number of hydrogen-bond acceptors (Lipinski definition) is 4. The van der Waals surface area contributed by atoms with Crippen LogP contribution < -0.4 is 5.32 Å². The van der Waals surface area contributed by atoms with Crippen molar-refractivity contribution in [3.8, 4) is 0 Å². The lowest BCUT2D eigenvalue weighted by atomic mass is 9.48. The Kier molecular flexibility index (Phi) is 6.20. The zero-order chi connectivity index (χ0) is 25.0. The number of fused-ring (bicyclic) bond motifs is 5. The Labute approximate surface area is 213 Å². The van der Waals surface area contributed by atoms with Crippen LogP contribution in [0.1, 0.15) is 58.8 Å². The van der Waals surface area contributed by atoms with Crippen LogP contribution in [-0.4, -0.2) is 21.9 Å². The number of hydrogen-bond donors (Lipinski definition) is 1. The first-order valence-corrected chi connectivity index (χ1v) is 14.4. The summed E-state index contributed by atoms with van der Waals surface area (Å²) in [5, 5.41) is 3.16. The minimum atomic E-state index is -3.88. The highest BCUT2D eigenvalue weighted by Gasteiger charge is 2.57. The number of methoxy groups -OCH3 is 1. The van der Waals surface area contributed by atoms with Crippen molar-refractivity contribution in [1.29, 1.82) is 0 Å². The van der Waals surface area contributed by atoms with Crippen LogP contribution in [0.15, 0.2) is 63.2 Å². The summed E-state index contributed by atoms with van der Waals surface area (Å²) in [6, 6.07) is 6.16. The van der Waals surface area contributed by atoms with E-state index in [0.717, 1.165) is 49.9 Å². The fraction of sp³-hybridized carbons (Fsp3) is 0.536. The number of halogens is 1. The summed E-state index contributed by atoms with van der Waals surface area (Å²) in [4.78, 5) is 11.7. The summed E-state index contributed by atoms with van der Waals surface area (Å²) < 4.78 is 32.9. The summed E-state index contributed by atoms with van der Waals surface area (Å²) >= 11 is 5.99. The van der Waals surface area contributed by atoms with Gasteiger partial charge in [-0.05, 0) is 109 Å². The zero-order valence-electron chi connectivity index (χ0n) is 20.6. The smallest absolute Gasteiger partial charge is 0.221 e. The van der Waals surface area contributed by atoms with Gasteiger partial charge in [0.2, 0.25) is 16.2 Å². The lowest BCUT2D eigenvalue weighted by Crippen LogP contribution is -2.48. The second-order valence-corrected chi connectivity index (χ2v) is 13.3. The van der Waals surface area contributed by atoms with Crippen LogP contribution >= 0.6 is 11.6 Å². The van der Waals surface area contributed by atoms with E-state index in [4.69, 9.17) is 16.3 Å².